The van der Waals surface area contributed by atoms with Gasteiger partial charge in [-0.05, 0) is 18.4 Å². The summed E-state index contributed by atoms with van der Waals surface area (Å²) >= 11 is 0. The Morgan fingerprint density at radius 2 is 2.14 bits per heavy atom. The van der Waals surface area contributed by atoms with E-state index in [1.54, 1.807) is 13.0 Å². The van der Waals surface area contributed by atoms with Crippen LogP contribution in [0.25, 0.3) is 0 Å². The monoisotopic (exact) mass is 195 g/mol. The molecule has 0 saturated carbocycles. The van der Waals surface area contributed by atoms with E-state index in [1.807, 2.05) is 13.8 Å². The number of carbonyl (C=O) groups is 2. The first kappa shape index (κ1) is 11.0. The van der Waals surface area contributed by atoms with E-state index in [9.17, 15) is 9.59 Å². The van der Waals surface area contributed by atoms with Crippen molar-refractivity contribution in [2.24, 2.45) is 23.5 Å². The lowest BCUT2D eigenvalue weighted by Crippen LogP contribution is -2.35. The van der Waals surface area contributed by atoms with Crippen molar-refractivity contribution >= 4 is 11.7 Å². The number of hydrogen-bond acceptors (Lipinski definition) is 2. The SMILES string of the molecule is CC(C)C1=CC(=O)[C@@H](C)[C@H](C(N)=O)C1. The molecule has 3 heteroatoms. The molecule has 14 heavy (non-hydrogen) atoms. The van der Waals surface area contributed by atoms with Crippen molar-refractivity contribution in [3.8, 4) is 0 Å². The summed E-state index contributed by atoms with van der Waals surface area (Å²) in [5.74, 6) is -0.589. The molecule has 0 aliphatic heterocycles. The van der Waals surface area contributed by atoms with Crippen LogP contribution in [0, 0.1) is 17.8 Å². The molecule has 2 atom stereocenters. The summed E-state index contributed by atoms with van der Waals surface area (Å²) < 4.78 is 0. The van der Waals surface area contributed by atoms with Crippen LogP contribution >= 0.6 is 0 Å². The number of nitrogens with two attached hydrogens (primary N) is 1. The Balaban J connectivity index is 2.93. The van der Waals surface area contributed by atoms with Crippen LogP contribution in [0.15, 0.2) is 11.6 Å². The summed E-state index contributed by atoms with van der Waals surface area (Å²) in [6.45, 7) is 5.81. The third-order valence-corrected chi connectivity index (χ3v) is 2.94. The average molecular weight is 195 g/mol. The van der Waals surface area contributed by atoms with E-state index in [1.165, 1.54) is 0 Å². The van der Waals surface area contributed by atoms with E-state index < -0.39 is 0 Å². The minimum atomic E-state index is -0.364. The molecule has 0 unspecified atom stereocenters. The molecule has 1 amide bonds. The van der Waals surface area contributed by atoms with E-state index in [4.69, 9.17) is 5.73 Å². The predicted octanol–water partition coefficient (Wildman–Crippen LogP) is 1.28. The van der Waals surface area contributed by atoms with Crippen LogP contribution in [-0.2, 0) is 9.59 Å². The van der Waals surface area contributed by atoms with Crippen LogP contribution in [0.5, 0.6) is 0 Å². The van der Waals surface area contributed by atoms with Crippen LogP contribution in [0.3, 0.4) is 0 Å². The van der Waals surface area contributed by atoms with Gasteiger partial charge in [-0.25, -0.2) is 0 Å². The third-order valence-electron chi connectivity index (χ3n) is 2.94. The normalized spacial score (nSPS) is 27.7. The van der Waals surface area contributed by atoms with Gasteiger partial charge in [-0.1, -0.05) is 26.3 Å². The van der Waals surface area contributed by atoms with Crippen molar-refractivity contribution in [2.45, 2.75) is 27.2 Å². The van der Waals surface area contributed by atoms with Crippen LogP contribution in [0.1, 0.15) is 27.2 Å². The van der Waals surface area contributed by atoms with Crippen LogP contribution in [0.4, 0.5) is 0 Å². The molecular weight excluding hydrogens is 178 g/mol. The van der Waals surface area contributed by atoms with Gasteiger partial charge < -0.3 is 5.73 Å². The van der Waals surface area contributed by atoms with E-state index in [-0.39, 0.29) is 23.5 Å². The molecular formula is C11H17NO2. The Hall–Kier alpha value is -1.12. The highest BCUT2D eigenvalue weighted by Crippen LogP contribution is 2.30. The molecule has 0 saturated heterocycles. The van der Waals surface area contributed by atoms with Crippen molar-refractivity contribution in [3.05, 3.63) is 11.6 Å². The number of hydrogen-bond donors (Lipinski definition) is 1. The second kappa shape index (κ2) is 3.95. The van der Waals surface area contributed by atoms with E-state index >= 15 is 0 Å². The minimum Gasteiger partial charge on any atom is -0.369 e. The standard InChI is InChI=1S/C11H17NO2/c1-6(2)8-4-9(11(12)14)7(3)10(13)5-8/h5-7,9H,4H2,1-3H3,(H2,12,14)/t7-,9+/m0/s1. The zero-order valence-electron chi connectivity index (χ0n) is 8.91. The second-order valence-electron chi connectivity index (χ2n) is 4.28. The van der Waals surface area contributed by atoms with Gasteiger partial charge >= 0.3 is 0 Å². The first-order valence-corrected chi connectivity index (χ1v) is 4.97. The molecule has 0 aromatic heterocycles. The lowest BCUT2D eigenvalue weighted by molar-refractivity contribution is -0.129. The van der Waals surface area contributed by atoms with Gasteiger partial charge in [0, 0.05) is 5.92 Å². The van der Waals surface area contributed by atoms with E-state index in [2.05, 4.69) is 0 Å². The van der Waals surface area contributed by atoms with Gasteiger partial charge in [-0.2, -0.15) is 0 Å². The molecule has 0 fully saturated rings. The van der Waals surface area contributed by atoms with Crippen molar-refractivity contribution in [1.82, 2.24) is 0 Å². The number of carbonyl (C=O) groups excluding carboxylic acids is 2. The third kappa shape index (κ3) is 2.03. The Bertz CT molecular complexity index is 292. The zero-order valence-corrected chi connectivity index (χ0v) is 8.91. The first-order chi connectivity index (χ1) is 6.43. The highest BCUT2D eigenvalue weighted by atomic mass is 16.1. The summed E-state index contributed by atoms with van der Waals surface area (Å²) in [6, 6.07) is 0. The van der Waals surface area contributed by atoms with E-state index in [0.717, 1.165) is 5.57 Å². The Kier molecular flexibility index (Phi) is 3.09. The topological polar surface area (TPSA) is 60.2 Å². The number of allylic oxidation sites excluding steroid dienone is 2. The van der Waals surface area contributed by atoms with Crippen molar-refractivity contribution < 1.29 is 9.59 Å². The molecule has 0 aromatic rings. The lowest BCUT2D eigenvalue weighted by Gasteiger charge is -2.26. The lowest BCUT2D eigenvalue weighted by atomic mass is 9.76. The Morgan fingerprint density at radius 3 is 2.57 bits per heavy atom. The van der Waals surface area contributed by atoms with Crippen LogP contribution in [-0.4, -0.2) is 11.7 Å². The summed E-state index contributed by atoms with van der Waals surface area (Å²) in [6.07, 6.45) is 2.31. The number of ketones is 1. The number of rotatable bonds is 2. The predicted molar refractivity (Wildman–Crippen MR) is 54.4 cm³/mol. The highest BCUT2D eigenvalue weighted by molar-refractivity contribution is 5.97. The maximum Gasteiger partial charge on any atom is 0.221 e. The zero-order chi connectivity index (χ0) is 10.9. The average Bonchev–Trinajstić information content (AvgIpc) is 2.08. The van der Waals surface area contributed by atoms with Gasteiger partial charge in [0.15, 0.2) is 5.78 Å². The largest absolute Gasteiger partial charge is 0.369 e. The fraction of sp³-hybridized carbons (Fsp3) is 0.636. The number of amides is 1. The van der Waals surface area contributed by atoms with Gasteiger partial charge in [0.2, 0.25) is 5.91 Å². The molecule has 1 aliphatic rings. The van der Waals surface area contributed by atoms with Crippen LogP contribution < -0.4 is 5.73 Å². The molecule has 3 nitrogen and oxygen atoms in total. The molecule has 1 rings (SSSR count). The molecule has 78 valence electrons. The maximum absolute atomic E-state index is 11.5. The van der Waals surface area contributed by atoms with Gasteiger partial charge in [0.05, 0.1) is 5.92 Å². The molecule has 1 aliphatic carbocycles. The second-order valence-corrected chi connectivity index (χ2v) is 4.28. The molecule has 0 spiro atoms. The molecule has 0 radical (unpaired) electrons. The smallest absolute Gasteiger partial charge is 0.221 e. The summed E-state index contributed by atoms with van der Waals surface area (Å²) in [5.41, 5.74) is 6.30. The highest BCUT2D eigenvalue weighted by Gasteiger charge is 2.32. The van der Waals surface area contributed by atoms with Crippen molar-refractivity contribution in [1.29, 1.82) is 0 Å². The van der Waals surface area contributed by atoms with Gasteiger partial charge in [-0.3, -0.25) is 9.59 Å². The van der Waals surface area contributed by atoms with E-state index in [0.29, 0.717) is 12.3 Å². The van der Waals surface area contributed by atoms with Crippen molar-refractivity contribution in [3.63, 3.8) is 0 Å². The molecule has 0 heterocycles. The van der Waals surface area contributed by atoms with Gasteiger partial charge in [-0.15, -0.1) is 0 Å². The first-order valence-electron chi connectivity index (χ1n) is 4.97. The maximum atomic E-state index is 11.5. The molecule has 2 N–H and O–H groups in total. The summed E-state index contributed by atoms with van der Waals surface area (Å²) in [5, 5.41) is 0. The van der Waals surface area contributed by atoms with Crippen LogP contribution in [0.2, 0.25) is 0 Å². The number of primary amides is 1. The van der Waals surface area contributed by atoms with Gasteiger partial charge in [0.1, 0.15) is 0 Å². The van der Waals surface area contributed by atoms with Crippen molar-refractivity contribution in [2.75, 3.05) is 0 Å². The Labute approximate surface area is 84.4 Å². The fourth-order valence-electron chi connectivity index (χ4n) is 1.75. The quantitative estimate of drug-likeness (QED) is 0.721. The Morgan fingerprint density at radius 1 is 1.57 bits per heavy atom. The molecule has 0 aromatic carbocycles. The summed E-state index contributed by atoms with van der Waals surface area (Å²) in [4.78, 5) is 22.7. The molecule has 0 bridgehead atoms. The fourth-order valence-corrected chi connectivity index (χ4v) is 1.75. The summed E-state index contributed by atoms with van der Waals surface area (Å²) in [7, 11) is 0. The van der Waals surface area contributed by atoms with Gasteiger partial charge in [0.25, 0.3) is 0 Å². The minimum absolute atomic E-state index is 0.0313.